The first-order chi connectivity index (χ1) is 16.2. The minimum Gasteiger partial charge on any atom is -0.478 e. The predicted molar refractivity (Wildman–Crippen MR) is 124 cm³/mol. The largest absolute Gasteiger partial charge is 0.478 e. The lowest BCUT2D eigenvalue weighted by Gasteiger charge is -2.12. The Labute approximate surface area is 192 Å². The molecule has 0 saturated carbocycles. The number of aryl methyl sites for hydroxylation is 1. The number of halogens is 1. The van der Waals surface area contributed by atoms with E-state index in [1.807, 2.05) is 0 Å². The standard InChI is InChI=1S/C25H20FN3O5/c1-28-21-11-8-18(22(30)27-13-15-4-9-19(26)10-5-15)12-20(21)23(31)29(25(28)34)14-16-2-6-17(7-3-16)24(32)33/h2-12H,13-14H2,1H3,(H,27,30)(H,32,33). The molecule has 1 amide bonds. The minimum absolute atomic E-state index is 0.0532. The summed E-state index contributed by atoms with van der Waals surface area (Å²) >= 11 is 0. The van der Waals surface area contributed by atoms with E-state index in [-0.39, 0.29) is 35.4 Å². The maximum absolute atomic E-state index is 13.2. The van der Waals surface area contributed by atoms with E-state index < -0.39 is 23.1 Å². The first-order valence-corrected chi connectivity index (χ1v) is 10.3. The zero-order valence-corrected chi connectivity index (χ0v) is 18.1. The lowest BCUT2D eigenvalue weighted by Crippen LogP contribution is -2.39. The molecule has 0 atom stereocenters. The lowest BCUT2D eigenvalue weighted by molar-refractivity contribution is 0.0696. The number of hydrogen-bond donors (Lipinski definition) is 2. The molecule has 0 saturated heterocycles. The SMILES string of the molecule is Cn1c(=O)n(Cc2ccc(C(=O)O)cc2)c(=O)c2cc(C(=O)NCc3ccc(F)cc3)ccc21. The number of fused-ring (bicyclic) bond motifs is 1. The van der Waals surface area contributed by atoms with Crippen LogP contribution in [-0.4, -0.2) is 26.1 Å². The summed E-state index contributed by atoms with van der Waals surface area (Å²) in [6, 6.07) is 16.1. The minimum atomic E-state index is -1.07. The van der Waals surface area contributed by atoms with E-state index in [0.717, 1.165) is 4.57 Å². The van der Waals surface area contributed by atoms with Gasteiger partial charge in [0.25, 0.3) is 11.5 Å². The van der Waals surface area contributed by atoms with Gasteiger partial charge in [0.15, 0.2) is 0 Å². The van der Waals surface area contributed by atoms with E-state index in [1.54, 1.807) is 24.3 Å². The van der Waals surface area contributed by atoms with Crippen LogP contribution in [0.5, 0.6) is 0 Å². The van der Waals surface area contributed by atoms with Gasteiger partial charge in [-0.25, -0.2) is 14.0 Å². The quantitative estimate of drug-likeness (QED) is 0.459. The van der Waals surface area contributed by atoms with Gasteiger partial charge in [-0.2, -0.15) is 0 Å². The van der Waals surface area contributed by atoms with Crippen molar-refractivity contribution < 1.29 is 19.1 Å². The summed E-state index contributed by atoms with van der Waals surface area (Å²) in [5, 5.41) is 12.0. The van der Waals surface area contributed by atoms with Gasteiger partial charge in [-0.05, 0) is 53.6 Å². The van der Waals surface area contributed by atoms with Crippen molar-refractivity contribution in [1.29, 1.82) is 0 Å². The van der Waals surface area contributed by atoms with Gasteiger partial charge in [0.1, 0.15) is 5.82 Å². The van der Waals surface area contributed by atoms with Crippen molar-refractivity contribution in [1.82, 2.24) is 14.5 Å². The monoisotopic (exact) mass is 461 g/mol. The van der Waals surface area contributed by atoms with Gasteiger partial charge in [0, 0.05) is 19.2 Å². The number of hydrogen-bond acceptors (Lipinski definition) is 4. The predicted octanol–water partition coefficient (Wildman–Crippen LogP) is 2.52. The summed E-state index contributed by atoms with van der Waals surface area (Å²) in [7, 11) is 1.53. The molecule has 4 aromatic rings. The Balaban J connectivity index is 1.65. The molecular weight excluding hydrogens is 441 g/mol. The van der Waals surface area contributed by atoms with Crippen LogP contribution in [0.25, 0.3) is 10.9 Å². The number of aromatic nitrogens is 2. The van der Waals surface area contributed by atoms with Crippen molar-refractivity contribution in [2.75, 3.05) is 0 Å². The highest BCUT2D eigenvalue weighted by Crippen LogP contribution is 2.12. The second-order valence-electron chi connectivity index (χ2n) is 7.78. The Morgan fingerprint density at radius 3 is 2.18 bits per heavy atom. The fourth-order valence-corrected chi connectivity index (χ4v) is 3.62. The molecule has 0 bridgehead atoms. The number of carboxylic acid groups (broad SMARTS) is 1. The Morgan fingerprint density at radius 1 is 0.912 bits per heavy atom. The third-order valence-electron chi connectivity index (χ3n) is 5.52. The molecule has 2 N–H and O–H groups in total. The third-order valence-corrected chi connectivity index (χ3v) is 5.52. The van der Waals surface area contributed by atoms with Crippen LogP contribution in [0.2, 0.25) is 0 Å². The zero-order chi connectivity index (χ0) is 24.4. The third kappa shape index (κ3) is 4.49. The smallest absolute Gasteiger partial charge is 0.335 e. The van der Waals surface area contributed by atoms with E-state index in [1.165, 1.54) is 54.1 Å². The number of nitrogens with zero attached hydrogens (tertiary/aromatic N) is 2. The maximum atomic E-state index is 13.2. The molecule has 34 heavy (non-hydrogen) atoms. The Morgan fingerprint density at radius 2 is 1.53 bits per heavy atom. The number of carbonyl (C=O) groups is 2. The lowest BCUT2D eigenvalue weighted by atomic mass is 10.1. The van der Waals surface area contributed by atoms with Crippen LogP contribution in [0.4, 0.5) is 4.39 Å². The molecule has 0 aliphatic carbocycles. The first kappa shape index (κ1) is 22.7. The van der Waals surface area contributed by atoms with Crippen molar-refractivity contribution >= 4 is 22.8 Å². The van der Waals surface area contributed by atoms with Crippen molar-refractivity contribution in [2.45, 2.75) is 13.1 Å². The van der Waals surface area contributed by atoms with E-state index in [2.05, 4.69) is 5.32 Å². The molecule has 0 aliphatic rings. The molecular formula is C25H20FN3O5. The molecule has 8 nitrogen and oxygen atoms in total. The summed E-state index contributed by atoms with van der Waals surface area (Å²) in [4.78, 5) is 49.7. The van der Waals surface area contributed by atoms with Crippen LogP contribution in [-0.2, 0) is 20.1 Å². The highest BCUT2D eigenvalue weighted by Gasteiger charge is 2.15. The maximum Gasteiger partial charge on any atom is 0.335 e. The van der Waals surface area contributed by atoms with E-state index in [4.69, 9.17) is 5.11 Å². The number of carboxylic acids is 1. The van der Waals surface area contributed by atoms with Crippen LogP contribution in [0.1, 0.15) is 31.8 Å². The van der Waals surface area contributed by atoms with Gasteiger partial charge in [-0.1, -0.05) is 24.3 Å². The Hall–Kier alpha value is -4.53. The average molecular weight is 461 g/mol. The summed E-state index contributed by atoms with van der Waals surface area (Å²) in [5.41, 5.74) is 0.914. The topological polar surface area (TPSA) is 110 Å². The number of rotatable bonds is 6. The summed E-state index contributed by atoms with van der Waals surface area (Å²) in [6.07, 6.45) is 0. The van der Waals surface area contributed by atoms with E-state index >= 15 is 0 Å². The average Bonchev–Trinajstić information content (AvgIpc) is 2.84. The number of carbonyl (C=O) groups excluding carboxylic acids is 1. The summed E-state index contributed by atoms with van der Waals surface area (Å²) < 4.78 is 15.4. The van der Waals surface area contributed by atoms with Gasteiger partial charge in [-0.3, -0.25) is 18.7 Å². The number of benzene rings is 3. The Bertz CT molecular complexity index is 1520. The summed E-state index contributed by atoms with van der Waals surface area (Å²) in [6.45, 7) is 0.128. The van der Waals surface area contributed by atoms with Crippen LogP contribution in [0, 0.1) is 5.82 Å². The van der Waals surface area contributed by atoms with Crippen LogP contribution in [0.15, 0.2) is 76.3 Å². The van der Waals surface area contributed by atoms with E-state index in [9.17, 15) is 23.6 Å². The molecule has 0 spiro atoms. The van der Waals surface area contributed by atoms with Gasteiger partial charge >= 0.3 is 11.7 Å². The van der Waals surface area contributed by atoms with Crippen molar-refractivity contribution in [3.8, 4) is 0 Å². The molecule has 0 aliphatic heterocycles. The zero-order valence-electron chi connectivity index (χ0n) is 18.1. The number of aromatic carboxylic acids is 1. The molecule has 0 fully saturated rings. The van der Waals surface area contributed by atoms with Crippen LogP contribution < -0.4 is 16.6 Å². The van der Waals surface area contributed by atoms with E-state index in [0.29, 0.717) is 16.6 Å². The molecule has 172 valence electrons. The van der Waals surface area contributed by atoms with Gasteiger partial charge in [0.2, 0.25) is 0 Å². The van der Waals surface area contributed by atoms with Crippen LogP contribution >= 0.6 is 0 Å². The number of nitrogens with one attached hydrogen (secondary N) is 1. The molecule has 1 heterocycles. The highest BCUT2D eigenvalue weighted by atomic mass is 19.1. The fraction of sp³-hybridized carbons (Fsp3) is 0.120. The Kier molecular flexibility index (Phi) is 6.09. The van der Waals surface area contributed by atoms with Gasteiger partial charge in [0.05, 0.1) is 23.0 Å². The van der Waals surface area contributed by atoms with Gasteiger partial charge in [-0.15, -0.1) is 0 Å². The van der Waals surface area contributed by atoms with Crippen LogP contribution in [0.3, 0.4) is 0 Å². The molecule has 3 aromatic carbocycles. The molecule has 0 unspecified atom stereocenters. The van der Waals surface area contributed by atoms with Crippen molar-refractivity contribution in [2.24, 2.45) is 7.05 Å². The normalized spacial score (nSPS) is 10.9. The molecule has 0 radical (unpaired) electrons. The van der Waals surface area contributed by atoms with Gasteiger partial charge < -0.3 is 10.4 Å². The van der Waals surface area contributed by atoms with Crippen molar-refractivity contribution in [3.05, 3.63) is 116 Å². The fourth-order valence-electron chi connectivity index (χ4n) is 3.62. The first-order valence-electron chi connectivity index (χ1n) is 10.3. The second kappa shape index (κ2) is 9.14. The van der Waals surface area contributed by atoms with Crippen molar-refractivity contribution in [3.63, 3.8) is 0 Å². The molecule has 4 rings (SSSR count). The highest BCUT2D eigenvalue weighted by molar-refractivity contribution is 5.97. The number of amides is 1. The second-order valence-corrected chi connectivity index (χ2v) is 7.78. The summed E-state index contributed by atoms with van der Waals surface area (Å²) in [5.74, 6) is -1.87. The molecule has 1 aromatic heterocycles. The molecule has 9 heteroatoms.